The summed E-state index contributed by atoms with van der Waals surface area (Å²) in [6, 6.07) is 14.9. The average Bonchev–Trinajstić information content (AvgIpc) is 2.50. The van der Waals surface area contributed by atoms with E-state index >= 15 is 0 Å². The van der Waals surface area contributed by atoms with Crippen molar-refractivity contribution in [2.45, 2.75) is 25.7 Å². The van der Waals surface area contributed by atoms with Crippen LogP contribution in [0.5, 0.6) is 0 Å². The van der Waals surface area contributed by atoms with Crippen molar-refractivity contribution < 1.29 is 0 Å². The van der Waals surface area contributed by atoms with Gasteiger partial charge in [0.1, 0.15) is 0 Å². The number of aromatic nitrogens is 1. The molecule has 4 bridgehead atoms. The fourth-order valence-corrected chi connectivity index (χ4v) is 3.27. The number of hydrogen-bond donors (Lipinski definition) is 1. The van der Waals surface area contributed by atoms with Gasteiger partial charge in [0.2, 0.25) is 0 Å². The van der Waals surface area contributed by atoms with Crippen molar-refractivity contribution in [2.75, 3.05) is 0 Å². The third-order valence-electron chi connectivity index (χ3n) is 4.48. The lowest BCUT2D eigenvalue weighted by Crippen LogP contribution is -2.08. The predicted molar refractivity (Wildman–Crippen MR) is 85.8 cm³/mol. The monoisotopic (exact) mass is 275 g/mol. The topological polar surface area (TPSA) is 32.9 Å². The molecule has 21 heavy (non-hydrogen) atoms. The molecule has 0 aliphatic heterocycles. The van der Waals surface area contributed by atoms with Crippen molar-refractivity contribution in [3.8, 4) is 0 Å². The third-order valence-corrected chi connectivity index (χ3v) is 4.48. The molecule has 4 aliphatic carbocycles. The summed E-state index contributed by atoms with van der Waals surface area (Å²) in [5.74, 6) is 0. The lowest BCUT2D eigenvalue weighted by molar-refractivity contribution is 0.930. The van der Waals surface area contributed by atoms with E-state index in [1.165, 1.54) is 16.7 Å². The van der Waals surface area contributed by atoms with Crippen molar-refractivity contribution in [1.29, 1.82) is 0 Å². The van der Waals surface area contributed by atoms with Gasteiger partial charge in [0.15, 0.2) is 5.43 Å². The maximum atomic E-state index is 12.3. The molecule has 7 rings (SSSR count). The van der Waals surface area contributed by atoms with Crippen LogP contribution in [0.1, 0.15) is 22.3 Å². The molecule has 3 aromatic rings. The second-order valence-corrected chi connectivity index (χ2v) is 5.79. The Morgan fingerprint density at radius 3 is 2.05 bits per heavy atom. The third kappa shape index (κ3) is 2.17. The molecule has 1 N–H and O–H groups in total. The fraction of sp³-hybridized carbons (Fsp3) is 0.211. The number of rotatable bonds is 0. The first-order valence-corrected chi connectivity index (χ1v) is 7.51. The molecular weight excluding hydrogens is 258 g/mol. The minimum Gasteiger partial charge on any atom is -0.361 e. The molecule has 0 amide bonds. The smallest absolute Gasteiger partial charge is 0.189 e. The SMILES string of the molecule is O=c1cc[nH]c2c3ccc(c12)CCc1ccc(cc1)CC3. The van der Waals surface area contributed by atoms with Gasteiger partial charge in [-0.05, 0) is 47.9 Å². The van der Waals surface area contributed by atoms with Gasteiger partial charge in [-0.3, -0.25) is 4.79 Å². The Bertz CT molecular complexity index is 859. The van der Waals surface area contributed by atoms with Gasteiger partial charge in [0, 0.05) is 17.6 Å². The highest BCUT2D eigenvalue weighted by Gasteiger charge is 2.11. The summed E-state index contributed by atoms with van der Waals surface area (Å²) in [4.78, 5) is 15.6. The first-order chi connectivity index (χ1) is 10.3. The van der Waals surface area contributed by atoms with Gasteiger partial charge in [-0.25, -0.2) is 0 Å². The van der Waals surface area contributed by atoms with Gasteiger partial charge in [0.05, 0.1) is 5.52 Å². The minimum absolute atomic E-state index is 0.131. The van der Waals surface area contributed by atoms with Crippen molar-refractivity contribution in [1.82, 2.24) is 4.98 Å². The van der Waals surface area contributed by atoms with E-state index in [4.69, 9.17) is 0 Å². The van der Waals surface area contributed by atoms with Crippen LogP contribution in [0.4, 0.5) is 0 Å². The Kier molecular flexibility index (Phi) is 2.88. The van der Waals surface area contributed by atoms with Crippen molar-refractivity contribution in [2.24, 2.45) is 0 Å². The summed E-state index contributed by atoms with van der Waals surface area (Å²) in [6.07, 6.45) is 5.60. The van der Waals surface area contributed by atoms with Crippen molar-refractivity contribution in [3.05, 3.63) is 81.1 Å². The molecule has 1 heterocycles. The quantitative estimate of drug-likeness (QED) is 0.670. The van der Waals surface area contributed by atoms with Gasteiger partial charge < -0.3 is 4.98 Å². The minimum atomic E-state index is 0.131. The summed E-state index contributed by atoms with van der Waals surface area (Å²) in [5, 5.41) is 0.880. The van der Waals surface area contributed by atoms with E-state index < -0.39 is 0 Å². The van der Waals surface area contributed by atoms with Crippen molar-refractivity contribution >= 4 is 10.9 Å². The van der Waals surface area contributed by atoms with Crippen LogP contribution in [0.3, 0.4) is 0 Å². The fourth-order valence-electron chi connectivity index (χ4n) is 3.27. The molecule has 0 saturated heterocycles. The zero-order valence-electron chi connectivity index (χ0n) is 11.9. The molecule has 1 aromatic heterocycles. The van der Waals surface area contributed by atoms with Crippen LogP contribution in [-0.4, -0.2) is 4.98 Å². The van der Waals surface area contributed by atoms with Crippen LogP contribution in [0.25, 0.3) is 10.9 Å². The number of benzene rings is 2. The maximum absolute atomic E-state index is 12.3. The first kappa shape index (κ1) is 12.4. The summed E-state index contributed by atoms with van der Waals surface area (Å²) in [7, 11) is 0. The predicted octanol–water partition coefficient (Wildman–Crippen LogP) is 3.41. The zero-order chi connectivity index (χ0) is 14.2. The van der Waals surface area contributed by atoms with Crippen LogP contribution in [0.15, 0.2) is 53.5 Å². The Labute approximate surface area is 123 Å². The van der Waals surface area contributed by atoms with Crippen LogP contribution in [0, 0.1) is 0 Å². The second-order valence-electron chi connectivity index (χ2n) is 5.79. The zero-order valence-corrected chi connectivity index (χ0v) is 11.9. The largest absolute Gasteiger partial charge is 0.361 e. The van der Waals surface area contributed by atoms with Gasteiger partial charge in [-0.2, -0.15) is 0 Å². The lowest BCUT2D eigenvalue weighted by Gasteiger charge is -2.13. The normalized spacial score (nSPS) is 14.1. The number of H-pyrrole nitrogens is 1. The standard InChI is InChI=1S/C19H17NO/c21-17-11-12-20-19-16-8-6-14-3-1-13(2-4-14)5-7-15(9-10-16)18(17)19/h1-4,9-12H,5-8H2,(H,20,21). The molecule has 0 fully saturated rings. The van der Waals surface area contributed by atoms with Crippen LogP contribution < -0.4 is 5.43 Å². The Morgan fingerprint density at radius 1 is 0.714 bits per heavy atom. The summed E-state index contributed by atoms with van der Waals surface area (Å²) in [5.41, 5.74) is 6.23. The Hall–Kier alpha value is -2.35. The molecule has 0 unspecified atom stereocenters. The molecule has 0 atom stereocenters. The highest BCUT2D eigenvalue weighted by atomic mass is 16.1. The molecule has 2 nitrogen and oxygen atoms in total. The Balaban J connectivity index is 1.95. The van der Waals surface area contributed by atoms with Gasteiger partial charge in [0.25, 0.3) is 0 Å². The summed E-state index contributed by atoms with van der Waals surface area (Å²) in [6.45, 7) is 0. The number of aromatic amines is 1. The molecule has 4 aliphatic rings. The van der Waals surface area contributed by atoms with Gasteiger partial charge in [-0.1, -0.05) is 36.4 Å². The molecule has 2 heteroatoms. The number of pyridine rings is 1. The van der Waals surface area contributed by atoms with Crippen molar-refractivity contribution in [3.63, 3.8) is 0 Å². The van der Waals surface area contributed by atoms with E-state index in [2.05, 4.69) is 41.4 Å². The molecule has 104 valence electrons. The molecule has 0 spiro atoms. The molecule has 2 aromatic carbocycles. The second kappa shape index (κ2) is 4.88. The number of aryl methyl sites for hydroxylation is 4. The maximum Gasteiger partial charge on any atom is 0.189 e. The van der Waals surface area contributed by atoms with E-state index in [0.29, 0.717) is 0 Å². The lowest BCUT2D eigenvalue weighted by atomic mass is 9.93. The molecule has 0 saturated carbocycles. The molecular formula is C19H17NO. The average molecular weight is 275 g/mol. The van der Waals surface area contributed by atoms with Gasteiger partial charge in [-0.15, -0.1) is 0 Å². The number of hydrogen-bond acceptors (Lipinski definition) is 1. The Morgan fingerprint density at radius 2 is 1.33 bits per heavy atom. The summed E-state index contributed by atoms with van der Waals surface area (Å²) < 4.78 is 0. The van der Waals surface area contributed by atoms with Crippen LogP contribution in [-0.2, 0) is 25.7 Å². The molecule has 0 radical (unpaired) electrons. The van der Waals surface area contributed by atoms with Gasteiger partial charge >= 0.3 is 0 Å². The van der Waals surface area contributed by atoms with E-state index in [-0.39, 0.29) is 5.43 Å². The number of nitrogens with one attached hydrogen (secondary N) is 1. The summed E-state index contributed by atoms with van der Waals surface area (Å²) >= 11 is 0. The van der Waals surface area contributed by atoms with E-state index in [9.17, 15) is 4.79 Å². The van der Waals surface area contributed by atoms with E-state index in [0.717, 1.165) is 42.1 Å². The highest BCUT2D eigenvalue weighted by molar-refractivity contribution is 5.85. The van der Waals surface area contributed by atoms with E-state index in [1.807, 2.05) is 0 Å². The first-order valence-electron chi connectivity index (χ1n) is 7.51. The van der Waals surface area contributed by atoms with Crippen LogP contribution >= 0.6 is 0 Å². The highest BCUT2D eigenvalue weighted by Crippen LogP contribution is 2.22. The van der Waals surface area contributed by atoms with E-state index in [1.54, 1.807) is 12.3 Å². The van der Waals surface area contributed by atoms with Crippen LogP contribution in [0.2, 0.25) is 0 Å².